The van der Waals surface area contributed by atoms with Gasteiger partial charge in [0.1, 0.15) is 23.4 Å². The normalized spacial score (nSPS) is 30.1. The zero-order valence-corrected chi connectivity index (χ0v) is 11.7. The zero-order chi connectivity index (χ0) is 14.9. The molecule has 0 aromatic heterocycles. The predicted octanol–water partition coefficient (Wildman–Crippen LogP) is 0.981. The molecule has 1 aliphatic rings. The van der Waals surface area contributed by atoms with Crippen LogP contribution in [0, 0.1) is 0 Å². The van der Waals surface area contributed by atoms with Gasteiger partial charge in [0.15, 0.2) is 0 Å². The van der Waals surface area contributed by atoms with Crippen molar-refractivity contribution in [3.05, 3.63) is 17.7 Å². The maximum atomic E-state index is 10.1. The van der Waals surface area contributed by atoms with Gasteiger partial charge in [-0.3, -0.25) is 0 Å². The Kier molecular flexibility index (Phi) is 4.37. The maximum absolute atomic E-state index is 10.1. The first-order valence-corrected chi connectivity index (χ1v) is 6.44. The molecule has 1 aromatic rings. The van der Waals surface area contributed by atoms with Crippen LogP contribution < -0.4 is 9.47 Å². The molecule has 0 saturated carbocycles. The second-order valence-corrected chi connectivity index (χ2v) is 4.89. The molecule has 4 atom stereocenters. The molecular formula is C14H20O6. The lowest BCUT2D eigenvalue weighted by molar-refractivity contribution is -0.164. The van der Waals surface area contributed by atoms with Crippen molar-refractivity contribution in [2.24, 2.45) is 0 Å². The van der Waals surface area contributed by atoms with Gasteiger partial charge in [-0.1, -0.05) is 0 Å². The number of aliphatic hydroxyl groups is 2. The van der Waals surface area contributed by atoms with Gasteiger partial charge >= 0.3 is 0 Å². The van der Waals surface area contributed by atoms with E-state index in [0.29, 0.717) is 17.1 Å². The monoisotopic (exact) mass is 284 g/mol. The maximum Gasteiger partial charge on any atom is 0.132 e. The first-order valence-electron chi connectivity index (χ1n) is 6.44. The van der Waals surface area contributed by atoms with Crippen LogP contribution in [0.25, 0.3) is 0 Å². The molecule has 2 rings (SSSR count). The Hall–Kier alpha value is -1.50. The summed E-state index contributed by atoms with van der Waals surface area (Å²) in [5.41, 5.74) is 0.450. The van der Waals surface area contributed by atoms with Crippen molar-refractivity contribution in [1.82, 2.24) is 0 Å². The van der Waals surface area contributed by atoms with Crippen LogP contribution in [-0.2, 0) is 4.74 Å². The molecular weight excluding hydrogens is 264 g/mol. The topological polar surface area (TPSA) is 88.4 Å². The molecule has 3 N–H and O–H groups in total. The molecule has 112 valence electrons. The third kappa shape index (κ3) is 2.67. The Bertz CT molecular complexity index is 463. The standard InChI is InChI=1S/C14H20O6/c1-7-14(17)10(16)6-12(20-7)13-9(15)4-8(18-2)5-11(13)19-3/h4-5,7,10,12,14-17H,6H2,1-3H3/t7-,10-,12-,14-/m1/s1. The van der Waals surface area contributed by atoms with Crippen molar-refractivity contribution in [3.63, 3.8) is 0 Å². The summed E-state index contributed by atoms with van der Waals surface area (Å²) in [6, 6.07) is 3.10. The van der Waals surface area contributed by atoms with Gasteiger partial charge in [0, 0.05) is 18.6 Å². The highest BCUT2D eigenvalue weighted by atomic mass is 16.5. The fourth-order valence-corrected chi connectivity index (χ4v) is 2.45. The van der Waals surface area contributed by atoms with Gasteiger partial charge in [-0.05, 0) is 6.92 Å². The average molecular weight is 284 g/mol. The number of phenols is 1. The summed E-state index contributed by atoms with van der Waals surface area (Å²) in [6.07, 6.45) is -2.74. The summed E-state index contributed by atoms with van der Waals surface area (Å²) in [7, 11) is 2.97. The van der Waals surface area contributed by atoms with Crippen molar-refractivity contribution in [2.45, 2.75) is 37.8 Å². The molecule has 0 bridgehead atoms. The summed E-state index contributed by atoms with van der Waals surface area (Å²) in [6.45, 7) is 1.67. The van der Waals surface area contributed by atoms with Gasteiger partial charge in [-0.25, -0.2) is 0 Å². The number of hydrogen-bond donors (Lipinski definition) is 3. The van der Waals surface area contributed by atoms with E-state index in [1.165, 1.54) is 20.3 Å². The summed E-state index contributed by atoms with van der Waals surface area (Å²) in [5, 5.41) is 29.7. The van der Waals surface area contributed by atoms with E-state index in [1.807, 2.05) is 0 Å². The quantitative estimate of drug-likeness (QED) is 0.767. The number of phenolic OH excluding ortho intramolecular Hbond substituents is 1. The van der Waals surface area contributed by atoms with Crippen molar-refractivity contribution in [3.8, 4) is 17.2 Å². The van der Waals surface area contributed by atoms with E-state index in [4.69, 9.17) is 14.2 Å². The second-order valence-electron chi connectivity index (χ2n) is 4.89. The lowest BCUT2D eigenvalue weighted by Gasteiger charge is -2.36. The molecule has 1 aliphatic heterocycles. The Morgan fingerprint density at radius 2 is 1.90 bits per heavy atom. The first kappa shape index (κ1) is 14.9. The lowest BCUT2D eigenvalue weighted by Crippen LogP contribution is -2.43. The average Bonchev–Trinajstić information content (AvgIpc) is 2.43. The largest absolute Gasteiger partial charge is 0.507 e. The van der Waals surface area contributed by atoms with Crippen LogP contribution in [0.2, 0.25) is 0 Å². The number of aromatic hydroxyl groups is 1. The minimum absolute atomic E-state index is 0.0259. The number of aliphatic hydroxyl groups excluding tert-OH is 2. The van der Waals surface area contributed by atoms with E-state index in [1.54, 1.807) is 13.0 Å². The van der Waals surface area contributed by atoms with Crippen LogP contribution in [0.5, 0.6) is 17.2 Å². The summed E-state index contributed by atoms with van der Waals surface area (Å²) < 4.78 is 16.0. The van der Waals surface area contributed by atoms with Crippen LogP contribution in [-0.4, -0.2) is 47.9 Å². The molecule has 1 saturated heterocycles. The van der Waals surface area contributed by atoms with Crippen LogP contribution in [0.1, 0.15) is 25.0 Å². The van der Waals surface area contributed by atoms with E-state index in [0.717, 1.165) is 0 Å². The third-order valence-electron chi connectivity index (χ3n) is 3.58. The fourth-order valence-electron chi connectivity index (χ4n) is 2.45. The van der Waals surface area contributed by atoms with E-state index in [2.05, 4.69) is 0 Å². The minimum atomic E-state index is -0.933. The zero-order valence-electron chi connectivity index (χ0n) is 11.7. The summed E-state index contributed by atoms with van der Waals surface area (Å²) >= 11 is 0. The number of rotatable bonds is 3. The van der Waals surface area contributed by atoms with Crippen molar-refractivity contribution < 1.29 is 29.5 Å². The molecule has 0 radical (unpaired) electrons. The van der Waals surface area contributed by atoms with Crippen molar-refractivity contribution in [2.75, 3.05) is 14.2 Å². The highest BCUT2D eigenvalue weighted by Gasteiger charge is 2.37. The van der Waals surface area contributed by atoms with Gasteiger partial charge in [0.25, 0.3) is 0 Å². The molecule has 0 spiro atoms. The van der Waals surface area contributed by atoms with Crippen molar-refractivity contribution in [1.29, 1.82) is 0 Å². The van der Waals surface area contributed by atoms with Gasteiger partial charge < -0.3 is 29.5 Å². The van der Waals surface area contributed by atoms with Crippen LogP contribution in [0.4, 0.5) is 0 Å². The lowest BCUT2D eigenvalue weighted by atomic mass is 9.93. The first-order chi connectivity index (χ1) is 9.47. The molecule has 0 unspecified atom stereocenters. The van der Waals surface area contributed by atoms with E-state index in [-0.39, 0.29) is 12.2 Å². The van der Waals surface area contributed by atoms with Gasteiger partial charge in [-0.15, -0.1) is 0 Å². The Labute approximate surface area is 117 Å². The molecule has 1 heterocycles. The Morgan fingerprint density at radius 1 is 1.20 bits per heavy atom. The molecule has 1 aromatic carbocycles. The van der Waals surface area contributed by atoms with Gasteiger partial charge in [0.2, 0.25) is 0 Å². The van der Waals surface area contributed by atoms with E-state index in [9.17, 15) is 15.3 Å². The Morgan fingerprint density at radius 3 is 2.45 bits per heavy atom. The smallest absolute Gasteiger partial charge is 0.132 e. The van der Waals surface area contributed by atoms with Crippen LogP contribution >= 0.6 is 0 Å². The SMILES string of the molecule is COc1cc(O)c([C@H]2C[C@@H](O)[C@H](O)[C@@H](C)O2)c(OC)c1. The van der Waals surface area contributed by atoms with E-state index >= 15 is 0 Å². The molecule has 0 aliphatic carbocycles. The second kappa shape index (κ2) is 5.87. The predicted molar refractivity (Wildman–Crippen MR) is 71.1 cm³/mol. The number of ether oxygens (including phenoxy) is 3. The molecule has 0 amide bonds. The highest BCUT2D eigenvalue weighted by Crippen LogP contribution is 2.43. The highest BCUT2D eigenvalue weighted by molar-refractivity contribution is 5.51. The number of benzene rings is 1. The number of hydrogen-bond acceptors (Lipinski definition) is 6. The fraction of sp³-hybridized carbons (Fsp3) is 0.571. The molecule has 6 nitrogen and oxygen atoms in total. The van der Waals surface area contributed by atoms with Crippen LogP contribution in [0.15, 0.2) is 12.1 Å². The Balaban J connectivity index is 2.37. The minimum Gasteiger partial charge on any atom is -0.507 e. The van der Waals surface area contributed by atoms with Crippen molar-refractivity contribution >= 4 is 0 Å². The molecule has 6 heteroatoms. The van der Waals surface area contributed by atoms with Gasteiger partial charge in [-0.2, -0.15) is 0 Å². The molecule has 20 heavy (non-hydrogen) atoms. The number of methoxy groups -OCH3 is 2. The third-order valence-corrected chi connectivity index (χ3v) is 3.58. The van der Waals surface area contributed by atoms with Crippen LogP contribution in [0.3, 0.4) is 0 Å². The van der Waals surface area contributed by atoms with E-state index < -0.39 is 24.4 Å². The van der Waals surface area contributed by atoms with Gasteiger partial charge in [0.05, 0.1) is 38.1 Å². The summed E-state index contributed by atoms with van der Waals surface area (Å²) in [5.74, 6) is 0.858. The molecule has 1 fully saturated rings. The summed E-state index contributed by atoms with van der Waals surface area (Å²) in [4.78, 5) is 0.